The van der Waals surface area contributed by atoms with Crippen molar-refractivity contribution in [3.8, 4) is 0 Å². The lowest BCUT2D eigenvalue weighted by Gasteiger charge is -2.41. The van der Waals surface area contributed by atoms with E-state index in [2.05, 4.69) is 5.10 Å². The molecule has 0 bridgehead atoms. The van der Waals surface area contributed by atoms with Gasteiger partial charge in [0.25, 0.3) is 0 Å². The zero-order valence-electron chi connectivity index (χ0n) is 11.8. The average Bonchev–Trinajstić information content (AvgIpc) is 2.39. The number of alkyl halides is 3. The Bertz CT molecular complexity index is 754. The summed E-state index contributed by atoms with van der Waals surface area (Å²) in [5.41, 5.74) is 8.75. The molecule has 5 nitrogen and oxygen atoms in total. The molecule has 0 fully saturated rings. The standard InChI is InChI=1S/C11H10F8N4OS/c12-11(13,14)7-3-6(10(21)23-22-2-1-9(20)24)4-8(5-7)25(15,16,17,18)19/h1-5,22H,(H2,20,24)(H2,21,23)/b2-1-. The fraction of sp³-hybridized carbons (Fsp3) is 0.0909. The summed E-state index contributed by atoms with van der Waals surface area (Å²) in [4.78, 5) is 7.61. The van der Waals surface area contributed by atoms with E-state index in [0.29, 0.717) is 6.08 Å². The maximum absolute atomic E-state index is 12.8. The molecule has 0 saturated heterocycles. The average molecular weight is 398 g/mol. The highest BCUT2D eigenvalue weighted by molar-refractivity contribution is 8.45. The lowest BCUT2D eigenvalue weighted by atomic mass is 10.1. The number of hydrogen-bond acceptors (Lipinski definition) is 3. The minimum Gasteiger partial charge on any atom is -0.382 e. The van der Waals surface area contributed by atoms with Crippen LogP contribution in [0.25, 0.3) is 0 Å². The number of nitrogens with one attached hydrogen (secondary N) is 1. The highest BCUT2D eigenvalue weighted by atomic mass is 32.5. The van der Waals surface area contributed by atoms with Gasteiger partial charge in [-0.2, -0.15) is 18.3 Å². The number of carbonyl (C=O) groups excluding carboxylic acids is 1. The van der Waals surface area contributed by atoms with Gasteiger partial charge in [-0.15, -0.1) is 0 Å². The fourth-order valence-electron chi connectivity index (χ4n) is 1.42. The van der Waals surface area contributed by atoms with Crippen molar-refractivity contribution in [2.45, 2.75) is 11.1 Å². The molecule has 0 aliphatic rings. The summed E-state index contributed by atoms with van der Waals surface area (Å²) in [6.45, 7) is 0. The number of rotatable bonds is 5. The van der Waals surface area contributed by atoms with Crippen LogP contribution in [0.5, 0.6) is 0 Å². The van der Waals surface area contributed by atoms with E-state index in [4.69, 9.17) is 11.5 Å². The monoisotopic (exact) mass is 398 g/mol. The van der Waals surface area contributed by atoms with Crippen molar-refractivity contribution in [3.63, 3.8) is 0 Å². The molecule has 0 aliphatic heterocycles. The smallest absolute Gasteiger partial charge is 0.382 e. The van der Waals surface area contributed by atoms with E-state index >= 15 is 0 Å². The Balaban J connectivity index is 3.47. The number of amides is 1. The first kappa shape index (κ1) is 20.5. The number of primary amides is 1. The Kier molecular flexibility index (Phi) is 4.52. The van der Waals surface area contributed by atoms with Crippen LogP contribution in [0.2, 0.25) is 0 Å². The predicted molar refractivity (Wildman–Crippen MR) is 75.0 cm³/mol. The van der Waals surface area contributed by atoms with Crippen molar-refractivity contribution in [1.29, 1.82) is 0 Å². The van der Waals surface area contributed by atoms with Crippen molar-refractivity contribution < 1.29 is 37.4 Å². The van der Waals surface area contributed by atoms with E-state index in [0.717, 1.165) is 6.20 Å². The van der Waals surface area contributed by atoms with Crippen LogP contribution >= 0.6 is 10.2 Å². The van der Waals surface area contributed by atoms with Gasteiger partial charge in [0, 0.05) is 17.8 Å². The lowest BCUT2D eigenvalue weighted by Crippen LogP contribution is -2.20. The van der Waals surface area contributed by atoms with Crippen LogP contribution in [0.4, 0.5) is 32.6 Å². The van der Waals surface area contributed by atoms with Gasteiger partial charge in [0.2, 0.25) is 5.91 Å². The van der Waals surface area contributed by atoms with Gasteiger partial charge in [0.05, 0.1) is 5.56 Å². The molecule has 0 aliphatic carbocycles. The van der Waals surface area contributed by atoms with Gasteiger partial charge in [0.1, 0.15) is 4.90 Å². The number of nitrogens with two attached hydrogens (primary N) is 2. The van der Waals surface area contributed by atoms with E-state index in [1.165, 1.54) is 0 Å². The summed E-state index contributed by atoms with van der Waals surface area (Å²) in [5, 5.41) is 3.14. The minimum atomic E-state index is -10.4. The fourth-order valence-corrected chi connectivity index (χ4v) is 2.12. The molecule has 25 heavy (non-hydrogen) atoms. The molecular formula is C11H10F8N4OS. The minimum absolute atomic E-state index is 0.116. The molecule has 0 radical (unpaired) electrons. The summed E-state index contributed by atoms with van der Waals surface area (Å²) in [6, 6.07) is -0.848. The molecule has 1 rings (SSSR count). The molecule has 5 N–H and O–H groups in total. The first-order valence-corrected chi connectivity index (χ1v) is 7.87. The van der Waals surface area contributed by atoms with Gasteiger partial charge >= 0.3 is 16.4 Å². The maximum atomic E-state index is 12.8. The molecule has 142 valence electrons. The first-order valence-electron chi connectivity index (χ1n) is 5.91. The normalized spacial score (nSPS) is 16.4. The zero-order valence-corrected chi connectivity index (χ0v) is 12.6. The molecule has 1 aromatic carbocycles. The van der Waals surface area contributed by atoms with E-state index in [1.54, 1.807) is 0 Å². The third-order valence-corrected chi connectivity index (χ3v) is 3.61. The molecular weight excluding hydrogens is 388 g/mol. The van der Waals surface area contributed by atoms with Crippen molar-refractivity contribution in [2.75, 3.05) is 0 Å². The second-order valence-electron chi connectivity index (χ2n) is 4.57. The molecule has 14 heteroatoms. The van der Waals surface area contributed by atoms with Gasteiger partial charge in [-0.1, -0.05) is 19.4 Å². The zero-order chi connectivity index (χ0) is 19.7. The first-order chi connectivity index (χ1) is 10.9. The predicted octanol–water partition coefficient (Wildman–Crippen LogP) is 3.57. The molecule has 0 unspecified atom stereocenters. The molecule has 0 aromatic heterocycles. The van der Waals surface area contributed by atoms with Gasteiger partial charge in [-0.25, -0.2) is 0 Å². The topological polar surface area (TPSA) is 93.5 Å². The Morgan fingerprint density at radius 2 is 1.64 bits per heavy atom. The van der Waals surface area contributed by atoms with Crippen LogP contribution in [-0.4, -0.2) is 11.7 Å². The van der Waals surface area contributed by atoms with Gasteiger partial charge in [-0.05, 0) is 18.2 Å². The maximum Gasteiger partial charge on any atom is 0.416 e. The van der Waals surface area contributed by atoms with E-state index in [9.17, 15) is 37.4 Å². The van der Waals surface area contributed by atoms with E-state index in [-0.39, 0.29) is 12.1 Å². The van der Waals surface area contributed by atoms with Gasteiger partial charge < -0.3 is 11.5 Å². The number of nitrogens with zero attached hydrogens (tertiary/aromatic N) is 1. The highest BCUT2D eigenvalue weighted by Crippen LogP contribution is 3.02. The molecule has 0 spiro atoms. The van der Waals surface area contributed by atoms with Crippen LogP contribution in [0, 0.1) is 0 Å². The molecule has 0 saturated carbocycles. The summed E-state index contributed by atoms with van der Waals surface area (Å²) in [6.07, 6.45) is -3.86. The Morgan fingerprint density at radius 3 is 2.08 bits per heavy atom. The molecule has 1 amide bonds. The summed E-state index contributed by atoms with van der Waals surface area (Å²) >= 11 is 0. The third kappa shape index (κ3) is 6.13. The third-order valence-electron chi connectivity index (χ3n) is 2.48. The van der Waals surface area contributed by atoms with Crippen molar-refractivity contribution in [2.24, 2.45) is 16.6 Å². The van der Waals surface area contributed by atoms with E-state index in [1.807, 2.05) is 5.43 Å². The number of carbonyl (C=O) groups is 1. The van der Waals surface area contributed by atoms with Gasteiger partial charge in [0.15, 0.2) is 5.84 Å². The summed E-state index contributed by atoms with van der Waals surface area (Å²) in [7, 11) is -10.4. The van der Waals surface area contributed by atoms with Crippen LogP contribution < -0.4 is 16.9 Å². The van der Waals surface area contributed by atoms with Crippen LogP contribution in [0.3, 0.4) is 0 Å². The number of hydrazone groups is 1. The van der Waals surface area contributed by atoms with E-state index < -0.39 is 50.2 Å². The quantitative estimate of drug-likeness (QED) is 0.233. The van der Waals surface area contributed by atoms with Crippen LogP contribution in [0.15, 0.2) is 40.5 Å². The van der Waals surface area contributed by atoms with Crippen molar-refractivity contribution in [3.05, 3.63) is 41.6 Å². The van der Waals surface area contributed by atoms with Gasteiger partial charge in [-0.3, -0.25) is 10.2 Å². The number of amidine groups is 1. The Hall–Kier alpha value is -2.51. The van der Waals surface area contributed by atoms with Crippen molar-refractivity contribution in [1.82, 2.24) is 5.43 Å². The Labute approximate surface area is 135 Å². The number of benzene rings is 1. The summed E-state index contributed by atoms with van der Waals surface area (Å²) in [5.74, 6) is -1.91. The van der Waals surface area contributed by atoms with Crippen molar-refractivity contribution >= 4 is 22.0 Å². The highest BCUT2D eigenvalue weighted by Gasteiger charge is 2.66. The van der Waals surface area contributed by atoms with Crippen LogP contribution in [0.1, 0.15) is 11.1 Å². The second-order valence-corrected chi connectivity index (χ2v) is 6.98. The summed E-state index contributed by atoms with van der Waals surface area (Å²) < 4.78 is 102. The Morgan fingerprint density at radius 1 is 1.08 bits per heavy atom. The SMILES string of the molecule is NC(=O)/C=C\N/N=C(\N)c1cc(C(F)(F)F)cc(S(F)(F)(F)(F)F)c1. The lowest BCUT2D eigenvalue weighted by molar-refractivity contribution is -0.137. The largest absolute Gasteiger partial charge is 0.416 e. The van der Waals surface area contributed by atoms with Crippen LogP contribution in [-0.2, 0) is 11.0 Å². The second kappa shape index (κ2) is 5.50. The molecule has 0 atom stereocenters. The number of halogens is 8. The number of hydrogen-bond donors (Lipinski definition) is 3. The molecule has 1 aromatic rings. The molecule has 0 heterocycles.